The molecular formula is C14H20N2O4S. The number of likely N-dealkylation sites (tertiary alicyclic amines) is 1. The van der Waals surface area contributed by atoms with Crippen LogP contribution in [-0.4, -0.2) is 48.3 Å². The zero-order valence-corrected chi connectivity index (χ0v) is 13.3. The van der Waals surface area contributed by atoms with E-state index in [0.29, 0.717) is 13.0 Å². The van der Waals surface area contributed by atoms with Gasteiger partial charge in [0.2, 0.25) is 0 Å². The fourth-order valence-electron chi connectivity index (χ4n) is 2.19. The number of hydrogen-bond donors (Lipinski definition) is 0. The number of rotatable bonds is 2. The summed E-state index contributed by atoms with van der Waals surface area (Å²) in [6.07, 6.45) is 2.86. The van der Waals surface area contributed by atoms with E-state index in [-0.39, 0.29) is 11.4 Å². The highest BCUT2D eigenvalue weighted by molar-refractivity contribution is 7.92. The van der Waals surface area contributed by atoms with Crippen LogP contribution in [0.25, 0.3) is 0 Å². The summed E-state index contributed by atoms with van der Waals surface area (Å²) in [5.74, 6) is 0. The fourth-order valence-corrected chi connectivity index (χ4v) is 3.87. The molecule has 2 rings (SSSR count). The number of hydrogen-bond acceptors (Lipinski definition) is 5. The maximum Gasteiger partial charge on any atom is 0.410 e. The normalized spacial score (nSPS) is 19.6. The van der Waals surface area contributed by atoms with Crippen LogP contribution in [0.1, 0.15) is 27.2 Å². The van der Waals surface area contributed by atoms with E-state index < -0.39 is 26.8 Å². The van der Waals surface area contributed by atoms with E-state index in [9.17, 15) is 13.2 Å². The highest BCUT2D eigenvalue weighted by Gasteiger charge is 2.37. The molecule has 2 heterocycles. The minimum absolute atomic E-state index is 0.166. The Morgan fingerprint density at radius 1 is 1.33 bits per heavy atom. The van der Waals surface area contributed by atoms with Crippen molar-refractivity contribution in [2.24, 2.45) is 0 Å². The van der Waals surface area contributed by atoms with E-state index in [1.54, 1.807) is 20.8 Å². The summed E-state index contributed by atoms with van der Waals surface area (Å²) in [4.78, 5) is 17.5. The van der Waals surface area contributed by atoms with Crippen LogP contribution >= 0.6 is 0 Å². The molecule has 21 heavy (non-hydrogen) atoms. The SMILES string of the molecule is CC(C)(C)OC(=O)N1CC[C@H](S(=O)(=O)c2ccncc2)C1. The maximum absolute atomic E-state index is 12.5. The van der Waals surface area contributed by atoms with Crippen LogP contribution in [0.4, 0.5) is 4.79 Å². The van der Waals surface area contributed by atoms with Gasteiger partial charge in [-0.2, -0.15) is 0 Å². The quantitative estimate of drug-likeness (QED) is 0.833. The Morgan fingerprint density at radius 3 is 2.52 bits per heavy atom. The van der Waals surface area contributed by atoms with Crippen molar-refractivity contribution in [1.82, 2.24) is 9.88 Å². The average molecular weight is 312 g/mol. The Kier molecular flexibility index (Phi) is 4.22. The van der Waals surface area contributed by atoms with Crippen molar-refractivity contribution in [3.63, 3.8) is 0 Å². The Hall–Kier alpha value is -1.63. The van der Waals surface area contributed by atoms with E-state index in [2.05, 4.69) is 4.98 Å². The van der Waals surface area contributed by atoms with Crippen LogP contribution in [0.2, 0.25) is 0 Å². The number of pyridine rings is 1. The van der Waals surface area contributed by atoms with Crippen molar-refractivity contribution >= 4 is 15.9 Å². The summed E-state index contributed by atoms with van der Waals surface area (Å²) in [7, 11) is -3.44. The second-order valence-corrected chi connectivity index (χ2v) is 8.29. The molecule has 1 aromatic rings. The van der Waals surface area contributed by atoms with Gasteiger partial charge in [-0.25, -0.2) is 13.2 Å². The van der Waals surface area contributed by atoms with Gasteiger partial charge in [-0.3, -0.25) is 4.98 Å². The number of carbonyl (C=O) groups is 1. The second-order valence-electron chi connectivity index (χ2n) is 6.06. The zero-order chi connectivity index (χ0) is 15.7. The molecule has 0 aliphatic carbocycles. The van der Waals surface area contributed by atoms with Crippen molar-refractivity contribution in [3.05, 3.63) is 24.5 Å². The molecule has 1 fully saturated rings. The lowest BCUT2D eigenvalue weighted by Crippen LogP contribution is -2.36. The molecule has 1 amide bonds. The number of amides is 1. The first-order valence-corrected chi connectivity index (χ1v) is 8.36. The monoisotopic (exact) mass is 312 g/mol. The van der Waals surface area contributed by atoms with Crippen molar-refractivity contribution in [2.75, 3.05) is 13.1 Å². The molecule has 1 atom stereocenters. The first kappa shape index (κ1) is 15.8. The molecular weight excluding hydrogens is 292 g/mol. The standard InChI is InChI=1S/C14H20N2O4S/c1-14(2,3)20-13(17)16-9-6-12(10-16)21(18,19)11-4-7-15-8-5-11/h4-5,7-8,12H,6,9-10H2,1-3H3/t12-/m0/s1. The van der Waals surface area contributed by atoms with Crippen LogP contribution in [-0.2, 0) is 14.6 Å². The van der Waals surface area contributed by atoms with Gasteiger partial charge in [0.25, 0.3) is 0 Å². The van der Waals surface area contributed by atoms with Crippen LogP contribution in [0.5, 0.6) is 0 Å². The van der Waals surface area contributed by atoms with Gasteiger partial charge in [0.05, 0.1) is 10.1 Å². The molecule has 1 aliphatic rings. The van der Waals surface area contributed by atoms with Crippen LogP contribution < -0.4 is 0 Å². The third-order valence-electron chi connectivity index (χ3n) is 3.21. The summed E-state index contributed by atoms with van der Waals surface area (Å²) >= 11 is 0. The van der Waals surface area contributed by atoms with Gasteiger partial charge in [0, 0.05) is 25.5 Å². The number of aromatic nitrogens is 1. The largest absolute Gasteiger partial charge is 0.444 e. The lowest BCUT2D eigenvalue weighted by atomic mass is 10.2. The second kappa shape index (κ2) is 5.63. The summed E-state index contributed by atoms with van der Waals surface area (Å²) in [6, 6.07) is 2.96. The molecule has 0 saturated carbocycles. The summed E-state index contributed by atoms with van der Waals surface area (Å²) < 4.78 is 30.2. The van der Waals surface area contributed by atoms with Gasteiger partial charge in [-0.1, -0.05) is 0 Å². The molecule has 0 aromatic carbocycles. The molecule has 1 saturated heterocycles. The molecule has 0 spiro atoms. The van der Waals surface area contributed by atoms with E-state index in [4.69, 9.17) is 4.74 Å². The summed E-state index contributed by atoms with van der Waals surface area (Å²) in [6.45, 7) is 5.91. The molecule has 0 radical (unpaired) electrons. The molecule has 0 unspecified atom stereocenters. The van der Waals surface area contributed by atoms with Crippen LogP contribution in [0.3, 0.4) is 0 Å². The number of nitrogens with zero attached hydrogens (tertiary/aromatic N) is 2. The van der Waals surface area contributed by atoms with Crippen molar-refractivity contribution in [1.29, 1.82) is 0 Å². The van der Waals surface area contributed by atoms with Gasteiger partial charge in [0.1, 0.15) is 5.60 Å². The van der Waals surface area contributed by atoms with Gasteiger partial charge < -0.3 is 9.64 Å². The average Bonchev–Trinajstić information content (AvgIpc) is 2.88. The predicted octanol–water partition coefficient (Wildman–Crippen LogP) is 1.86. The molecule has 1 aromatic heterocycles. The number of carbonyl (C=O) groups excluding carboxylic acids is 1. The Balaban J connectivity index is 2.07. The minimum Gasteiger partial charge on any atom is -0.444 e. The van der Waals surface area contributed by atoms with Crippen LogP contribution in [0, 0.1) is 0 Å². The molecule has 116 valence electrons. The van der Waals surface area contributed by atoms with Gasteiger partial charge in [0.15, 0.2) is 9.84 Å². The first-order valence-electron chi connectivity index (χ1n) is 6.82. The molecule has 0 bridgehead atoms. The smallest absolute Gasteiger partial charge is 0.410 e. The third-order valence-corrected chi connectivity index (χ3v) is 5.41. The van der Waals surface area contributed by atoms with Gasteiger partial charge in [-0.05, 0) is 39.3 Å². The minimum atomic E-state index is -3.44. The number of ether oxygens (including phenoxy) is 1. The Morgan fingerprint density at radius 2 is 1.95 bits per heavy atom. The van der Waals surface area contributed by atoms with Gasteiger partial charge >= 0.3 is 6.09 Å². The third kappa shape index (κ3) is 3.72. The molecule has 6 nitrogen and oxygen atoms in total. The van der Waals surface area contributed by atoms with Crippen molar-refractivity contribution in [3.8, 4) is 0 Å². The maximum atomic E-state index is 12.5. The zero-order valence-electron chi connectivity index (χ0n) is 12.4. The fraction of sp³-hybridized carbons (Fsp3) is 0.571. The number of sulfone groups is 1. The van der Waals surface area contributed by atoms with Crippen molar-refractivity contribution in [2.45, 2.75) is 42.9 Å². The lowest BCUT2D eigenvalue weighted by molar-refractivity contribution is 0.0295. The lowest BCUT2D eigenvalue weighted by Gasteiger charge is -2.24. The predicted molar refractivity (Wildman–Crippen MR) is 77.6 cm³/mol. The van der Waals surface area contributed by atoms with Crippen LogP contribution in [0.15, 0.2) is 29.4 Å². The van der Waals surface area contributed by atoms with Crippen molar-refractivity contribution < 1.29 is 17.9 Å². The van der Waals surface area contributed by atoms with E-state index in [0.717, 1.165) is 0 Å². The Labute approximate surface area is 125 Å². The van der Waals surface area contributed by atoms with E-state index in [1.807, 2.05) is 0 Å². The van der Waals surface area contributed by atoms with E-state index >= 15 is 0 Å². The molecule has 0 N–H and O–H groups in total. The molecule has 1 aliphatic heterocycles. The molecule has 7 heteroatoms. The first-order chi connectivity index (χ1) is 9.70. The highest BCUT2D eigenvalue weighted by atomic mass is 32.2. The van der Waals surface area contributed by atoms with E-state index in [1.165, 1.54) is 29.4 Å². The highest BCUT2D eigenvalue weighted by Crippen LogP contribution is 2.24. The topological polar surface area (TPSA) is 76.6 Å². The summed E-state index contributed by atoms with van der Waals surface area (Å²) in [5, 5.41) is -0.590. The Bertz CT molecular complexity index is 608. The van der Waals surface area contributed by atoms with Gasteiger partial charge in [-0.15, -0.1) is 0 Å². The summed E-state index contributed by atoms with van der Waals surface area (Å²) in [5.41, 5.74) is -0.584.